The van der Waals surface area contributed by atoms with Gasteiger partial charge in [-0.25, -0.2) is 9.82 Å². The second-order valence-corrected chi connectivity index (χ2v) is 8.97. The van der Waals surface area contributed by atoms with Crippen LogP contribution in [0.5, 0.6) is 5.75 Å². The van der Waals surface area contributed by atoms with Crippen LogP contribution < -0.4 is 20.9 Å². The maximum absolute atomic E-state index is 13.3. The molecular formula is C23H25FN6O2S. The van der Waals surface area contributed by atoms with Crippen LogP contribution in [0.3, 0.4) is 0 Å². The highest BCUT2D eigenvalue weighted by molar-refractivity contribution is 8.14. The highest BCUT2D eigenvalue weighted by Crippen LogP contribution is 2.35. The number of thioether (sulfide) groups is 1. The van der Waals surface area contributed by atoms with Gasteiger partial charge in [-0.15, -0.1) is 0 Å². The molecule has 3 unspecified atom stereocenters. The van der Waals surface area contributed by atoms with Crippen LogP contribution in [0.25, 0.3) is 0 Å². The molecule has 1 amide bonds. The number of hydrogen-bond acceptors (Lipinski definition) is 8. The lowest BCUT2D eigenvalue weighted by Crippen LogP contribution is -2.54. The van der Waals surface area contributed by atoms with E-state index in [-0.39, 0.29) is 35.7 Å². The highest BCUT2D eigenvalue weighted by Gasteiger charge is 2.44. The summed E-state index contributed by atoms with van der Waals surface area (Å²) in [5.41, 5.74) is 8.74. The molecule has 3 aliphatic heterocycles. The molecular weight excluding hydrogens is 443 g/mol. The molecule has 2 aromatic carbocycles. The lowest BCUT2D eigenvalue weighted by Gasteiger charge is -2.36. The topological polar surface area (TPSA) is 81.2 Å². The maximum atomic E-state index is 13.3. The monoisotopic (exact) mass is 468 g/mol. The van der Waals surface area contributed by atoms with Crippen molar-refractivity contribution in [3.05, 3.63) is 77.9 Å². The molecule has 8 nitrogen and oxygen atoms in total. The molecule has 0 radical (unpaired) electrons. The Hall–Kier alpha value is -3.24. The number of hydrogen-bond donors (Lipinski definition) is 3. The molecule has 0 spiro atoms. The number of ether oxygens (including phenoxy) is 1. The SMILES string of the molecule is COc1ccc(CNC(=O)CSC2=NNC3C4CC(c5ccc(F)cc5)NN4C=CN23)cc1. The van der Waals surface area contributed by atoms with Crippen molar-refractivity contribution in [3.8, 4) is 5.75 Å². The lowest BCUT2D eigenvalue weighted by molar-refractivity contribution is -0.118. The average Bonchev–Trinajstić information content (AvgIpc) is 3.46. The van der Waals surface area contributed by atoms with E-state index in [1.54, 1.807) is 7.11 Å². The summed E-state index contributed by atoms with van der Waals surface area (Å²) in [6.45, 7) is 0.466. The minimum atomic E-state index is -0.235. The van der Waals surface area contributed by atoms with Crippen molar-refractivity contribution in [2.75, 3.05) is 12.9 Å². The van der Waals surface area contributed by atoms with Gasteiger partial charge < -0.3 is 20.0 Å². The molecule has 1 saturated heterocycles. The summed E-state index contributed by atoms with van der Waals surface area (Å²) in [6, 6.07) is 14.5. The van der Waals surface area contributed by atoms with Crippen molar-refractivity contribution in [2.24, 2.45) is 5.10 Å². The number of carbonyl (C=O) groups is 1. The van der Waals surface area contributed by atoms with Crippen LogP contribution in [0.15, 0.2) is 66.0 Å². The number of amides is 1. The number of halogens is 1. The van der Waals surface area contributed by atoms with Gasteiger partial charge in [0, 0.05) is 18.9 Å². The van der Waals surface area contributed by atoms with E-state index in [2.05, 4.69) is 31.2 Å². The summed E-state index contributed by atoms with van der Waals surface area (Å²) >= 11 is 1.40. The summed E-state index contributed by atoms with van der Waals surface area (Å²) in [5.74, 6) is 0.777. The Balaban J connectivity index is 1.12. The molecule has 0 aliphatic carbocycles. The third-order valence-electron chi connectivity index (χ3n) is 5.96. The summed E-state index contributed by atoms with van der Waals surface area (Å²) in [6.07, 6.45) is 4.76. The van der Waals surface area contributed by atoms with E-state index in [0.29, 0.717) is 6.54 Å². The van der Waals surface area contributed by atoms with Gasteiger partial charge in [0.1, 0.15) is 17.7 Å². The third-order valence-corrected chi connectivity index (χ3v) is 6.93. The summed E-state index contributed by atoms with van der Waals surface area (Å²) in [7, 11) is 1.63. The van der Waals surface area contributed by atoms with Gasteiger partial charge in [-0.05, 0) is 41.8 Å². The fourth-order valence-electron chi connectivity index (χ4n) is 4.19. The van der Waals surface area contributed by atoms with Crippen LogP contribution >= 0.6 is 11.8 Å². The van der Waals surface area contributed by atoms with Crippen molar-refractivity contribution in [1.82, 2.24) is 26.1 Å². The van der Waals surface area contributed by atoms with E-state index in [1.165, 1.54) is 23.9 Å². The molecule has 0 bridgehead atoms. The van der Waals surface area contributed by atoms with Crippen molar-refractivity contribution in [2.45, 2.75) is 31.2 Å². The van der Waals surface area contributed by atoms with Gasteiger partial charge in [0.2, 0.25) is 5.91 Å². The molecule has 3 atom stereocenters. The van der Waals surface area contributed by atoms with Gasteiger partial charge in [-0.3, -0.25) is 10.2 Å². The number of nitrogens with zero attached hydrogens (tertiary/aromatic N) is 3. The number of carbonyl (C=O) groups excluding carboxylic acids is 1. The third kappa shape index (κ3) is 4.62. The summed E-state index contributed by atoms with van der Waals surface area (Å²) < 4.78 is 18.4. The first-order valence-corrected chi connectivity index (χ1v) is 11.7. The Morgan fingerprint density at radius 2 is 2.00 bits per heavy atom. The van der Waals surface area contributed by atoms with Crippen LogP contribution in [0.1, 0.15) is 23.6 Å². The van der Waals surface area contributed by atoms with E-state index in [1.807, 2.05) is 48.8 Å². The maximum Gasteiger partial charge on any atom is 0.230 e. The van der Waals surface area contributed by atoms with Gasteiger partial charge in [0.25, 0.3) is 0 Å². The Morgan fingerprint density at radius 3 is 2.76 bits per heavy atom. The number of hydrazine groups is 1. The van der Waals surface area contributed by atoms with E-state index in [9.17, 15) is 9.18 Å². The van der Waals surface area contributed by atoms with E-state index in [0.717, 1.165) is 28.5 Å². The molecule has 5 rings (SSSR count). The fraction of sp³-hybridized carbons (Fsp3) is 0.304. The number of rotatable bonds is 6. The summed E-state index contributed by atoms with van der Waals surface area (Å²) in [4.78, 5) is 14.4. The average molecular weight is 469 g/mol. The van der Waals surface area contributed by atoms with Gasteiger partial charge in [-0.1, -0.05) is 36.0 Å². The van der Waals surface area contributed by atoms with Crippen LogP contribution in [0.4, 0.5) is 4.39 Å². The Kier molecular flexibility index (Phi) is 6.10. The zero-order valence-corrected chi connectivity index (χ0v) is 18.9. The number of hydrazone groups is 1. The molecule has 2 aromatic rings. The second kappa shape index (κ2) is 9.32. The molecule has 33 heavy (non-hydrogen) atoms. The summed E-state index contributed by atoms with van der Waals surface area (Å²) in [5, 5.41) is 10.2. The molecule has 3 aliphatic rings. The first kappa shape index (κ1) is 21.6. The van der Waals surface area contributed by atoms with Crippen molar-refractivity contribution in [1.29, 1.82) is 0 Å². The molecule has 10 heteroatoms. The fourth-order valence-corrected chi connectivity index (χ4v) is 4.99. The van der Waals surface area contributed by atoms with Crippen molar-refractivity contribution < 1.29 is 13.9 Å². The van der Waals surface area contributed by atoms with Gasteiger partial charge in [0.15, 0.2) is 5.17 Å². The minimum absolute atomic E-state index is 0.0298. The smallest absolute Gasteiger partial charge is 0.230 e. The number of nitrogens with one attached hydrogen (secondary N) is 3. The molecule has 3 N–H and O–H groups in total. The van der Waals surface area contributed by atoms with Crippen LogP contribution in [-0.4, -0.2) is 46.1 Å². The number of amidine groups is 1. The van der Waals surface area contributed by atoms with E-state index in [4.69, 9.17) is 4.74 Å². The first-order chi connectivity index (χ1) is 16.1. The Morgan fingerprint density at radius 1 is 1.21 bits per heavy atom. The van der Waals surface area contributed by atoms with Crippen LogP contribution in [-0.2, 0) is 11.3 Å². The van der Waals surface area contributed by atoms with Gasteiger partial charge in [-0.2, -0.15) is 5.10 Å². The van der Waals surface area contributed by atoms with Gasteiger partial charge >= 0.3 is 0 Å². The molecule has 3 heterocycles. The molecule has 0 saturated carbocycles. The second-order valence-electron chi connectivity index (χ2n) is 8.03. The molecule has 172 valence electrons. The zero-order chi connectivity index (χ0) is 22.8. The van der Waals surface area contributed by atoms with Crippen LogP contribution in [0.2, 0.25) is 0 Å². The zero-order valence-electron chi connectivity index (χ0n) is 18.1. The predicted octanol–water partition coefficient (Wildman–Crippen LogP) is 2.49. The van der Waals surface area contributed by atoms with Crippen molar-refractivity contribution in [3.63, 3.8) is 0 Å². The van der Waals surface area contributed by atoms with E-state index >= 15 is 0 Å². The number of methoxy groups -OCH3 is 1. The van der Waals surface area contributed by atoms with Crippen LogP contribution in [0, 0.1) is 5.82 Å². The number of benzene rings is 2. The largest absolute Gasteiger partial charge is 0.497 e. The van der Waals surface area contributed by atoms with Crippen molar-refractivity contribution >= 4 is 22.8 Å². The standard InChI is InChI=1S/C23H25FN6O2S/c1-32-18-8-2-15(3-9-18)13-25-21(31)14-33-23-27-26-22-20-12-19(16-4-6-17(24)7-5-16)28-30(20)11-10-29(22)23/h2-11,19-20,22,26,28H,12-14H2,1H3,(H,25,31). The Bertz CT molecular complexity index is 1060. The molecule has 1 fully saturated rings. The quantitative estimate of drug-likeness (QED) is 0.601. The highest BCUT2D eigenvalue weighted by atomic mass is 32.2. The Labute approximate surface area is 195 Å². The molecule has 0 aromatic heterocycles. The van der Waals surface area contributed by atoms with E-state index < -0.39 is 0 Å². The first-order valence-electron chi connectivity index (χ1n) is 10.7. The minimum Gasteiger partial charge on any atom is -0.497 e. The lowest BCUT2D eigenvalue weighted by atomic mass is 10.00. The number of fused-ring (bicyclic) bond motifs is 3. The predicted molar refractivity (Wildman–Crippen MR) is 125 cm³/mol. The normalized spacial score (nSPS) is 23.0. The van der Waals surface area contributed by atoms with Gasteiger partial charge in [0.05, 0.1) is 24.9 Å².